The first kappa shape index (κ1) is 23.2. The summed E-state index contributed by atoms with van der Waals surface area (Å²) in [4.78, 5) is 0. The smallest absolute Gasteiger partial charge is 0.119 e. The monoisotopic (exact) mass is 444 g/mol. The molecule has 4 rings (SSSR count). The number of rotatable bonds is 6. The molecule has 32 heavy (non-hydrogen) atoms. The highest BCUT2D eigenvalue weighted by atomic mass is 16.5. The highest BCUT2D eigenvalue weighted by molar-refractivity contribution is 5.38. The van der Waals surface area contributed by atoms with Crippen molar-refractivity contribution >= 4 is 0 Å². The molecule has 2 aliphatic rings. The Hall–Kier alpha value is -2.00. The Morgan fingerprint density at radius 1 is 0.938 bits per heavy atom. The highest BCUT2D eigenvalue weighted by Crippen LogP contribution is 2.33. The van der Waals surface area contributed by atoms with Crippen LogP contribution in [0.25, 0.3) is 0 Å². The zero-order valence-corrected chi connectivity index (χ0v) is 18.2. The molecule has 0 amide bonds. The van der Waals surface area contributed by atoms with Gasteiger partial charge in [-0.1, -0.05) is 30.3 Å². The lowest BCUT2D eigenvalue weighted by molar-refractivity contribution is -0.231. The molecule has 7 nitrogen and oxygen atoms in total. The van der Waals surface area contributed by atoms with E-state index in [0.717, 1.165) is 35.3 Å². The number of ether oxygens (including phenoxy) is 2. The van der Waals surface area contributed by atoms with Gasteiger partial charge in [-0.25, -0.2) is 0 Å². The van der Waals surface area contributed by atoms with Gasteiger partial charge in [0, 0.05) is 6.42 Å². The zero-order valence-electron chi connectivity index (χ0n) is 18.2. The van der Waals surface area contributed by atoms with Gasteiger partial charge in [0.05, 0.1) is 12.7 Å². The van der Waals surface area contributed by atoms with Gasteiger partial charge in [0.25, 0.3) is 0 Å². The van der Waals surface area contributed by atoms with Crippen molar-refractivity contribution in [3.8, 4) is 5.75 Å². The first-order valence-electron chi connectivity index (χ1n) is 11.2. The molecular weight excluding hydrogens is 412 g/mol. The predicted octanol–water partition coefficient (Wildman–Crippen LogP) is 1.39. The van der Waals surface area contributed by atoms with Gasteiger partial charge >= 0.3 is 0 Å². The lowest BCUT2D eigenvalue weighted by Gasteiger charge is -2.40. The molecule has 1 aliphatic carbocycles. The molecule has 1 heterocycles. The summed E-state index contributed by atoms with van der Waals surface area (Å²) in [6, 6.07) is 13.6. The van der Waals surface area contributed by atoms with Crippen LogP contribution in [0.5, 0.6) is 5.75 Å². The van der Waals surface area contributed by atoms with Crippen LogP contribution in [0.2, 0.25) is 0 Å². The molecule has 2 aromatic carbocycles. The van der Waals surface area contributed by atoms with Crippen LogP contribution < -0.4 is 4.74 Å². The maximum atomic E-state index is 10.4. The van der Waals surface area contributed by atoms with Crippen LogP contribution in [0.1, 0.15) is 47.6 Å². The number of aryl methyl sites for hydroxylation is 1. The second kappa shape index (κ2) is 9.87. The lowest BCUT2D eigenvalue weighted by atomic mass is 9.89. The van der Waals surface area contributed by atoms with Crippen LogP contribution in [0, 0.1) is 6.92 Å². The van der Waals surface area contributed by atoms with E-state index in [-0.39, 0.29) is 12.2 Å². The Labute approximate surface area is 187 Å². The van der Waals surface area contributed by atoms with E-state index in [9.17, 15) is 25.5 Å². The largest absolute Gasteiger partial charge is 0.490 e. The Kier molecular flexibility index (Phi) is 7.14. The van der Waals surface area contributed by atoms with Crippen molar-refractivity contribution in [3.63, 3.8) is 0 Å². The van der Waals surface area contributed by atoms with Crippen molar-refractivity contribution in [1.82, 2.24) is 0 Å². The van der Waals surface area contributed by atoms with Crippen LogP contribution in [-0.2, 0) is 11.2 Å². The molecule has 1 aliphatic heterocycles. The molecule has 2 fully saturated rings. The van der Waals surface area contributed by atoms with E-state index in [1.807, 2.05) is 49.4 Å². The Morgan fingerprint density at radius 2 is 1.69 bits per heavy atom. The maximum absolute atomic E-state index is 10.4. The van der Waals surface area contributed by atoms with Crippen molar-refractivity contribution < 1.29 is 35.0 Å². The minimum absolute atomic E-state index is 0.0633. The third-order valence-corrected chi connectivity index (χ3v) is 6.57. The first-order valence-corrected chi connectivity index (χ1v) is 11.2. The van der Waals surface area contributed by atoms with Crippen molar-refractivity contribution in [2.24, 2.45) is 0 Å². The van der Waals surface area contributed by atoms with Crippen LogP contribution in [-0.4, -0.2) is 68.8 Å². The Balaban J connectivity index is 1.47. The molecule has 2 aromatic rings. The lowest BCUT2D eigenvalue weighted by Crippen LogP contribution is -2.55. The van der Waals surface area contributed by atoms with Gasteiger partial charge in [0.2, 0.25) is 0 Å². The average Bonchev–Trinajstić information content (AvgIpc) is 3.20. The summed E-state index contributed by atoms with van der Waals surface area (Å²) >= 11 is 0. The number of hydrogen-bond donors (Lipinski definition) is 5. The summed E-state index contributed by atoms with van der Waals surface area (Å²) in [5.74, 6) is 0.791. The molecular formula is C25H32O7. The predicted molar refractivity (Wildman–Crippen MR) is 117 cm³/mol. The third-order valence-electron chi connectivity index (χ3n) is 6.57. The van der Waals surface area contributed by atoms with Gasteiger partial charge in [0.15, 0.2) is 0 Å². The summed E-state index contributed by atoms with van der Waals surface area (Å²) in [5.41, 5.74) is 3.91. The van der Waals surface area contributed by atoms with Crippen LogP contribution >= 0.6 is 0 Å². The summed E-state index contributed by atoms with van der Waals surface area (Å²) in [6.07, 6.45) is -3.06. The fourth-order valence-corrected chi connectivity index (χ4v) is 4.56. The number of aliphatic hydroxyl groups excluding tert-OH is 5. The van der Waals surface area contributed by atoms with Gasteiger partial charge < -0.3 is 35.0 Å². The molecule has 174 valence electrons. The summed E-state index contributed by atoms with van der Waals surface area (Å²) < 4.78 is 11.7. The second-order valence-electron chi connectivity index (χ2n) is 8.96. The van der Waals surface area contributed by atoms with Crippen molar-refractivity contribution in [3.05, 3.63) is 64.7 Å². The van der Waals surface area contributed by atoms with Gasteiger partial charge in [-0.3, -0.25) is 0 Å². The van der Waals surface area contributed by atoms with E-state index in [1.54, 1.807) is 0 Å². The van der Waals surface area contributed by atoms with Crippen LogP contribution in [0.3, 0.4) is 0 Å². The van der Waals surface area contributed by atoms with Gasteiger partial charge in [-0.15, -0.1) is 0 Å². The van der Waals surface area contributed by atoms with Crippen molar-refractivity contribution in [1.29, 1.82) is 0 Å². The summed E-state index contributed by atoms with van der Waals surface area (Å²) in [5, 5.41) is 49.7. The number of hydrogen-bond acceptors (Lipinski definition) is 7. The quantitative estimate of drug-likeness (QED) is 0.457. The van der Waals surface area contributed by atoms with E-state index in [4.69, 9.17) is 9.47 Å². The average molecular weight is 445 g/mol. The summed E-state index contributed by atoms with van der Waals surface area (Å²) in [6.45, 7) is 1.56. The first-order chi connectivity index (χ1) is 15.4. The molecule has 5 N–H and O–H groups in total. The summed E-state index contributed by atoms with van der Waals surface area (Å²) in [7, 11) is 0. The second-order valence-corrected chi connectivity index (χ2v) is 8.96. The highest BCUT2D eigenvalue weighted by Gasteiger charge is 2.44. The molecule has 7 heteroatoms. The molecule has 0 aromatic heterocycles. The standard InChI is InChI=1S/C25H32O7/c1-14-2-5-16(25-24(30)23(29)22(28)21(13-26)32-25)11-17(14)10-15-3-7-19(8-4-15)31-20-9-6-18(27)12-20/h2-5,7-8,11,18,20-30H,6,9-10,12-13H2,1H3/t18?,20?,21-,22-,23+,24-,25+/m1/s1. The molecule has 0 radical (unpaired) electrons. The van der Waals surface area contributed by atoms with E-state index in [0.29, 0.717) is 18.4 Å². The van der Waals surface area contributed by atoms with E-state index < -0.39 is 37.1 Å². The van der Waals surface area contributed by atoms with Crippen molar-refractivity contribution in [2.75, 3.05) is 6.61 Å². The van der Waals surface area contributed by atoms with E-state index in [2.05, 4.69) is 0 Å². The van der Waals surface area contributed by atoms with E-state index >= 15 is 0 Å². The Morgan fingerprint density at radius 3 is 2.34 bits per heavy atom. The molecule has 7 atom stereocenters. The molecule has 1 saturated heterocycles. The topological polar surface area (TPSA) is 120 Å². The minimum Gasteiger partial charge on any atom is -0.490 e. The molecule has 0 bridgehead atoms. The van der Waals surface area contributed by atoms with Crippen LogP contribution in [0.4, 0.5) is 0 Å². The molecule has 0 spiro atoms. The zero-order chi connectivity index (χ0) is 22.8. The fourth-order valence-electron chi connectivity index (χ4n) is 4.56. The van der Waals surface area contributed by atoms with Gasteiger partial charge in [-0.05, 0) is 60.6 Å². The fraction of sp³-hybridized carbons (Fsp3) is 0.520. The SMILES string of the molecule is Cc1ccc([C@@H]2O[C@H](CO)[C@@H](O)[C@H](O)[C@H]2O)cc1Cc1ccc(OC2CCC(O)C2)cc1. The minimum atomic E-state index is -1.40. The third kappa shape index (κ3) is 4.98. The number of benzene rings is 2. The maximum Gasteiger partial charge on any atom is 0.119 e. The van der Waals surface area contributed by atoms with E-state index in [1.165, 1.54) is 0 Å². The number of aliphatic hydroxyl groups is 5. The molecule has 2 unspecified atom stereocenters. The normalized spacial score (nSPS) is 32.8. The molecule has 1 saturated carbocycles. The van der Waals surface area contributed by atoms with Crippen LogP contribution in [0.15, 0.2) is 42.5 Å². The van der Waals surface area contributed by atoms with Gasteiger partial charge in [-0.2, -0.15) is 0 Å². The van der Waals surface area contributed by atoms with Gasteiger partial charge in [0.1, 0.15) is 42.4 Å². The van der Waals surface area contributed by atoms with Crippen molar-refractivity contribution in [2.45, 2.75) is 75.3 Å². The Bertz CT molecular complexity index is 898.